The molecule has 1 rings (SSSR count). The van der Waals surface area contributed by atoms with Gasteiger partial charge < -0.3 is 4.74 Å². The molecule has 1 heterocycles. The van der Waals surface area contributed by atoms with Crippen LogP contribution in [0.4, 0.5) is 13.2 Å². The fraction of sp³-hybridized carbons (Fsp3) is 0.333. The fourth-order valence-electron chi connectivity index (χ4n) is 1.04. The van der Waals surface area contributed by atoms with Gasteiger partial charge in [0.15, 0.2) is 5.82 Å². The lowest BCUT2D eigenvalue weighted by Crippen LogP contribution is -2.09. The largest absolute Gasteiger partial charge is 0.469 e. The lowest BCUT2D eigenvalue weighted by molar-refractivity contribution is -0.139. The van der Waals surface area contributed by atoms with Crippen molar-refractivity contribution in [2.75, 3.05) is 7.11 Å². The summed E-state index contributed by atoms with van der Waals surface area (Å²) in [5, 5.41) is 0. The van der Waals surface area contributed by atoms with Crippen LogP contribution in [0.2, 0.25) is 0 Å². The summed E-state index contributed by atoms with van der Waals surface area (Å²) in [6, 6.07) is 0.874. The molecule has 0 aliphatic carbocycles. The van der Waals surface area contributed by atoms with Crippen LogP contribution in [0, 0.1) is 9.52 Å². The number of esters is 1. The van der Waals surface area contributed by atoms with Crippen LogP contribution in [0.25, 0.3) is 0 Å². The van der Waals surface area contributed by atoms with Crippen LogP contribution in [0.1, 0.15) is 17.7 Å². The fourth-order valence-corrected chi connectivity index (χ4v) is 1.66. The van der Waals surface area contributed by atoms with E-state index in [-0.39, 0.29) is 15.7 Å². The number of alkyl halides is 2. The van der Waals surface area contributed by atoms with Crippen molar-refractivity contribution in [1.29, 1.82) is 0 Å². The zero-order valence-corrected chi connectivity index (χ0v) is 10.3. The number of methoxy groups -OCH3 is 1. The van der Waals surface area contributed by atoms with Gasteiger partial charge in [0.25, 0.3) is 6.43 Å². The van der Waals surface area contributed by atoms with Gasteiger partial charge in [-0.05, 0) is 28.7 Å². The summed E-state index contributed by atoms with van der Waals surface area (Å²) < 4.78 is 42.3. The number of ether oxygens (including phenoxy) is 1. The Morgan fingerprint density at radius 1 is 1.62 bits per heavy atom. The molecule has 0 saturated carbocycles. The SMILES string of the molecule is COC(=O)Cc1cc(C(F)F)nc(I)c1F. The predicted molar refractivity (Wildman–Crippen MR) is 57.6 cm³/mol. The number of carbonyl (C=O) groups is 1. The maximum absolute atomic E-state index is 13.4. The number of nitrogens with zero attached hydrogens (tertiary/aromatic N) is 1. The molecule has 1 aromatic rings. The number of aromatic nitrogens is 1. The number of rotatable bonds is 3. The topological polar surface area (TPSA) is 39.2 Å². The second kappa shape index (κ2) is 5.46. The average molecular weight is 345 g/mol. The first-order chi connectivity index (χ1) is 7.45. The first-order valence-electron chi connectivity index (χ1n) is 4.15. The van der Waals surface area contributed by atoms with Crippen molar-refractivity contribution in [1.82, 2.24) is 4.98 Å². The molecule has 0 fully saturated rings. The van der Waals surface area contributed by atoms with Crippen LogP contribution in [0.3, 0.4) is 0 Å². The maximum Gasteiger partial charge on any atom is 0.310 e. The summed E-state index contributed by atoms with van der Waals surface area (Å²) in [4.78, 5) is 14.3. The molecular formula is C9H7F3INO2. The number of pyridine rings is 1. The van der Waals surface area contributed by atoms with E-state index in [0.717, 1.165) is 13.2 Å². The smallest absolute Gasteiger partial charge is 0.310 e. The van der Waals surface area contributed by atoms with E-state index >= 15 is 0 Å². The van der Waals surface area contributed by atoms with Crippen molar-refractivity contribution < 1.29 is 22.7 Å². The van der Waals surface area contributed by atoms with E-state index in [0.29, 0.717) is 0 Å². The molecule has 0 radical (unpaired) electrons. The normalized spacial score (nSPS) is 10.6. The molecule has 0 bridgehead atoms. The van der Waals surface area contributed by atoms with Crippen molar-refractivity contribution in [3.05, 3.63) is 26.8 Å². The lowest BCUT2D eigenvalue weighted by Gasteiger charge is -2.06. The van der Waals surface area contributed by atoms with Gasteiger partial charge in [-0.1, -0.05) is 0 Å². The Kier molecular flexibility index (Phi) is 4.51. The third-order valence-corrected chi connectivity index (χ3v) is 2.51. The maximum atomic E-state index is 13.4. The van der Waals surface area contributed by atoms with Gasteiger partial charge in [-0.2, -0.15) is 0 Å². The summed E-state index contributed by atoms with van der Waals surface area (Å²) in [5.74, 6) is -1.46. The van der Waals surface area contributed by atoms with Crippen molar-refractivity contribution in [2.45, 2.75) is 12.8 Å². The Bertz CT molecular complexity index is 412. The highest BCUT2D eigenvalue weighted by atomic mass is 127. The van der Waals surface area contributed by atoms with Crippen molar-refractivity contribution >= 4 is 28.6 Å². The van der Waals surface area contributed by atoms with E-state index < -0.39 is 23.9 Å². The quantitative estimate of drug-likeness (QED) is 0.480. The summed E-state index contributed by atoms with van der Waals surface area (Å²) in [6.45, 7) is 0. The molecule has 0 spiro atoms. The number of hydrogen-bond donors (Lipinski definition) is 0. The zero-order valence-electron chi connectivity index (χ0n) is 8.14. The molecule has 0 saturated heterocycles. The number of hydrogen-bond acceptors (Lipinski definition) is 3. The second-order valence-electron chi connectivity index (χ2n) is 2.86. The van der Waals surface area contributed by atoms with Crippen LogP contribution in [0.15, 0.2) is 6.07 Å². The first-order valence-corrected chi connectivity index (χ1v) is 5.23. The molecule has 0 N–H and O–H groups in total. The molecule has 0 aliphatic rings. The highest BCUT2D eigenvalue weighted by molar-refractivity contribution is 14.1. The van der Waals surface area contributed by atoms with Gasteiger partial charge in [0, 0.05) is 5.56 Å². The van der Waals surface area contributed by atoms with E-state index in [1.807, 2.05) is 0 Å². The monoisotopic (exact) mass is 345 g/mol. The minimum Gasteiger partial charge on any atom is -0.469 e. The predicted octanol–water partition coefficient (Wildman–Crippen LogP) is 2.48. The molecule has 0 amide bonds. The number of carbonyl (C=O) groups excluding carboxylic acids is 1. The number of halogens is 4. The minimum atomic E-state index is -2.80. The second-order valence-corrected chi connectivity index (χ2v) is 3.89. The van der Waals surface area contributed by atoms with E-state index in [9.17, 15) is 18.0 Å². The van der Waals surface area contributed by atoms with Gasteiger partial charge in [-0.3, -0.25) is 4.79 Å². The van der Waals surface area contributed by atoms with E-state index in [1.54, 1.807) is 0 Å². The van der Waals surface area contributed by atoms with Gasteiger partial charge in [-0.25, -0.2) is 18.2 Å². The third kappa shape index (κ3) is 3.06. The summed E-state index contributed by atoms with van der Waals surface area (Å²) in [7, 11) is 1.14. The van der Waals surface area contributed by atoms with Crippen LogP contribution in [-0.2, 0) is 16.0 Å². The molecule has 0 unspecified atom stereocenters. The molecule has 0 atom stereocenters. The van der Waals surface area contributed by atoms with Crippen molar-refractivity contribution in [3.8, 4) is 0 Å². The summed E-state index contributed by atoms with van der Waals surface area (Å²) >= 11 is 1.50. The van der Waals surface area contributed by atoms with Gasteiger partial charge in [0.1, 0.15) is 9.39 Å². The molecule has 0 aromatic carbocycles. The van der Waals surface area contributed by atoms with Gasteiger partial charge >= 0.3 is 5.97 Å². The molecule has 0 aliphatic heterocycles. The Hall–Kier alpha value is -0.860. The molecule has 7 heteroatoms. The Balaban J connectivity index is 3.11. The van der Waals surface area contributed by atoms with Crippen molar-refractivity contribution in [2.24, 2.45) is 0 Å². The van der Waals surface area contributed by atoms with E-state index in [2.05, 4.69) is 9.72 Å². The molecule has 3 nitrogen and oxygen atoms in total. The van der Waals surface area contributed by atoms with E-state index in [4.69, 9.17) is 0 Å². The molecular weight excluding hydrogens is 338 g/mol. The Morgan fingerprint density at radius 3 is 2.75 bits per heavy atom. The zero-order chi connectivity index (χ0) is 12.3. The minimum absolute atomic E-state index is 0.137. The van der Waals surface area contributed by atoms with Crippen LogP contribution >= 0.6 is 22.6 Å². The van der Waals surface area contributed by atoms with E-state index in [1.165, 1.54) is 22.6 Å². The first kappa shape index (κ1) is 13.2. The third-order valence-electron chi connectivity index (χ3n) is 1.80. The Labute approximate surface area is 103 Å². The van der Waals surface area contributed by atoms with Crippen LogP contribution in [-0.4, -0.2) is 18.1 Å². The molecule has 1 aromatic heterocycles. The van der Waals surface area contributed by atoms with Crippen molar-refractivity contribution in [3.63, 3.8) is 0 Å². The standard InChI is InChI=1S/C9H7F3INO2/c1-16-6(15)3-4-2-5(8(11)12)14-9(13)7(4)10/h2,8H,3H2,1H3. The van der Waals surface area contributed by atoms with Gasteiger partial charge in [0.05, 0.1) is 13.5 Å². The highest BCUT2D eigenvalue weighted by Crippen LogP contribution is 2.22. The highest BCUT2D eigenvalue weighted by Gasteiger charge is 2.18. The summed E-state index contributed by atoms with van der Waals surface area (Å²) in [6.07, 6.45) is -3.19. The van der Waals surface area contributed by atoms with Crippen LogP contribution in [0.5, 0.6) is 0 Å². The van der Waals surface area contributed by atoms with Gasteiger partial charge in [-0.15, -0.1) is 0 Å². The van der Waals surface area contributed by atoms with Crippen LogP contribution < -0.4 is 0 Å². The molecule has 16 heavy (non-hydrogen) atoms. The van der Waals surface area contributed by atoms with Gasteiger partial charge in [0.2, 0.25) is 0 Å². The lowest BCUT2D eigenvalue weighted by atomic mass is 10.1. The average Bonchev–Trinajstić information content (AvgIpc) is 2.23. The molecule has 88 valence electrons. The Morgan fingerprint density at radius 2 is 2.25 bits per heavy atom. The summed E-state index contributed by atoms with van der Waals surface area (Å²) in [5.41, 5.74) is -0.689.